The van der Waals surface area contributed by atoms with Gasteiger partial charge in [-0.1, -0.05) is 18.8 Å². The summed E-state index contributed by atoms with van der Waals surface area (Å²) in [7, 11) is 1.47. The summed E-state index contributed by atoms with van der Waals surface area (Å²) in [6.45, 7) is 2.29. The molecule has 0 bridgehead atoms. The minimum atomic E-state index is -0.568. The molecule has 2 aliphatic rings. The van der Waals surface area contributed by atoms with Gasteiger partial charge in [0.1, 0.15) is 18.3 Å². The van der Waals surface area contributed by atoms with Crippen LogP contribution in [-0.2, 0) is 4.79 Å². The van der Waals surface area contributed by atoms with Crippen molar-refractivity contribution in [3.05, 3.63) is 30.0 Å². The lowest BCUT2D eigenvalue weighted by Crippen LogP contribution is -2.44. The number of amides is 2. The predicted molar refractivity (Wildman–Crippen MR) is 98.2 cm³/mol. The number of carbonyl (C=O) groups is 2. The van der Waals surface area contributed by atoms with Gasteiger partial charge in [-0.05, 0) is 30.0 Å². The zero-order chi connectivity index (χ0) is 19.2. The summed E-state index contributed by atoms with van der Waals surface area (Å²) in [6, 6.07) is 4.92. The number of primary amides is 1. The molecule has 1 aliphatic carbocycles. The highest BCUT2D eigenvalue weighted by molar-refractivity contribution is 6.01. The van der Waals surface area contributed by atoms with E-state index < -0.39 is 5.91 Å². The summed E-state index contributed by atoms with van der Waals surface area (Å²) in [5.74, 6) is 6.00. The van der Waals surface area contributed by atoms with Gasteiger partial charge < -0.3 is 20.5 Å². The van der Waals surface area contributed by atoms with Crippen LogP contribution in [0.3, 0.4) is 0 Å². The molecule has 7 heteroatoms. The maximum absolute atomic E-state index is 12.1. The number of aromatic nitrogens is 1. The quantitative estimate of drug-likeness (QED) is 0.750. The summed E-state index contributed by atoms with van der Waals surface area (Å²) < 4.78 is 11.2. The van der Waals surface area contributed by atoms with Gasteiger partial charge in [-0.15, -0.1) is 0 Å². The molecule has 3 atom stereocenters. The van der Waals surface area contributed by atoms with E-state index in [-0.39, 0.29) is 29.9 Å². The van der Waals surface area contributed by atoms with Crippen LogP contribution in [0.25, 0.3) is 10.8 Å². The Kier molecular flexibility index (Phi) is 3.92. The van der Waals surface area contributed by atoms with Gasteiger partial charge in [0.05, 0.1) is 24.1 Å². The molecule has 27 heavy (non-hydrogen) atoms. The Labute approximate surface area is 156 Å². The van der Waals surface area contributed by atoms with Crippen LogP contribution >= 0.6 is 0 Å². The average Bonchev–Trinajstić information content (AvgIpc) is 2.82. The number of nitrogens with one attached hydrogen (secondary N) is 1. The van der Waals surface area contributed by atoms with Crippen LogP contribution in [0.1, 0.15) is 23.7 Å². The highest BCUT2D eigenvalue weighted by Crippen LogP contribution is 2.45. The lowest BCUT2D eigenvalue weighted by Gasteiger charge is -2.34. The molecule has 2 aromatic rings. The van der Waals surface area contributed by atoms with Crippen LogP contribution in [0, 0.1) is 23.2 Å². The molecule has 0 radical (unpaired) electrons. The number of nitrogens with two attached hydrogens (primary N) is 1. The van der Waals surface area contributed by atoms with E-state index in [0.717, 1.165) is 11.8 Å². The minimum Gasteiger partial charge on any atom is -0.496 e. The fourth-order valence-electron chi connectivity index (χ4n) is 3.84. The fourth-order valence-corrected chi connectivity index (χ4v) is 3.84. The van der Waals surface area contributed by atoms with E-state index in [1.165, 1.54) is 7.11 Å². The van der Waals surface area contributed by atoms with Crippen molar-refractivity contribution in [3.8, 4) is 23.5 Å². The Morgan fingerprint density at radius 1 is 1.44 bits per heavy atom. The van der Waals surface area contributed by atoms with E-state index in [1.807, 2.05) is 6.92 Å². The molecule has 1 saturated heterocycles. The molecule has 7 nitrogen and oxygen atoms in total. The van der Waals surface area contributed by atoms with Gasteiger partial charge in [0.15, 0.2) is 0 Å². The number of ether oxygens (including phenoxy) is 2. The molecule has 2 amide bonds. The van der Waals surface area contributed by atoms with Crippen molar-refractivity contribution >= 4 is 22.6 Å². The number of hydrogen-bond acceptors (Lipinski definition) is 5. The Morgan fingerprint density at radius 3 is 2.89 bits per heavy atom. The monoisotopic (exact) mass is 365 g/mol. The Balaban J connectivity index is 1.64. The molecule has 1 aliphatic heterocycles. The number of nitrogens with zero attached hydrogens (tertiary/aromatic N) is 1. The zero-order valence-electron chi connectivity index (χ0n) is 15.0. The molecule has 3 N–H and O–H groups in total. The normalized spacial score (nSPS) is 25.0. The molecular weight excluding hydrogens is 346 g/mol. The maximum atomic E-state index is 12.1. The van der Waals surface area contributed by atoms with Gasteiger partial charge in [0, 0.05) is 11.6 Å². The van der Waals surface area contributed by atoms with Crippen molar-refractivity contribution in [2.24, 2.45) is 17.1 Å². The summed E-state index contributed by atoms with van der Waals surface area (Å²) in [6.07, 6.45) is 2.37. The molecular formula is C20H19N3O4. The standard InChI is InChI=1S/C20H19N3O4/c1-3-20-6-4-14(20)18(25)23-16(20)10-27-19-12-9-15(26-2)13(17(21)24)8-11(12)5-7-22-19/h5,7-9,14,16H,3,10H2,1-2H3,(H2,21,24)(H,23,25)/t14-,16+,20-/m0/s1. The molecule has 2 heterocycles. The highest BCUT2D eigenvalue weighted by Gasteiger charge is 2.56. The third-order valence-electron chi connectivity index (χ3n) is 5.45. The number of hydrogen-bond donors (Lipinski definition) is 2. The van der Waals surface area contributed by atoms with Crippen LogP contribution in [0.15, 0.2) is 24.4 Å². The molecule has 138 valence electrons. The molecule has 0 saturated carbocycles. The lowest BCUT2D eigenvalue weighted by atomic mass is 9.66. The number of methoxy groups -OCH3 is 1. The largest absolute Gasteiger partial charge is 0.496 e. The third kappa shape index (κ3) is 2.48. The van der Waals surface area contributed by atoms with E-state index in [4.69, 9.17) is 15.2 Å². The summed E-state index contributed by atoms with van der Waals surface area (Å²) in [5, 5.41) is 4.43. The summed E-state index contributed by atoms with van der Waals surface area (Å²) in [5.41, 5.74) is 5.35. The van der Waals surface area contributed by atoms with Crippen molar-refractivity contribution in [3.63, 3.8) is 0 Å². The van der Waals surface area contributed by atoms with Crippen molar-refractivity contribution < 1.29 is 19.1 Å². The second-order valence-electron chi connectivity index (χ2n) is 6.72. The average molecular weight is 365 g/mol. The third-order valence-corrected chi connectivity index (χ3v) is 5.45. The van der Waals surface area contributed by atoms with Crippen LogP contribution < -0.4 is 20.5 Å². The molecule has 1 aromatic carbocycles. The minimum absolute atomic E-state index is 0.0390. The zero-order valence-corrected chi connectivity index (χ0v) is 15.0. The molecule has 1 fully saturated rings. The number of rotatable bonds is 6. The van der Waals surface area contributed by atoms with Crippen molar-refractivity contribution in [2.75, 3.05) is 13.7 Å². The van der Waals surface area contributed by atoms with E-state index in [2.05, 4.69) is 22.1 Å². The first-order valence-electron chi connectivity index (χ1n) is 8.72. The van der Waals surface area contributed by atoms with Crippen LogP contribution in [0.5, 0.6) is 11.6 Å². The van der Waals surface area contributed by atoms with Crippen LogP contribution in [0.4, 0.5) is 0 Å². The Hall–Kier alpha value is -3.27. The maximum Gasteiger partial charge on any atom is 0.252 e. The highest BCUT2D eigenvalue weighted by atomic mass is 16.5. The van der Waals surface area contributed by atoms with Gasteiger partial charge in [-0.3, -0.25) is 9.59 Å². The second kappa shape index (κ2) is 6.16. The fraction of sp³-hybridized carbons (Fsp3) is 0.350. The van der Waals surface area contributed by atoms with Crippen molar-refractivity contribution in [2.45, 2.75) is 19.4 Å². The number of pyridine rings is 1. The van der Waals surface area contributed by atoms with E-state index in [1.54, 1.807) is 24.4 Å². The first-order chi connectivity index (χ1) is 13.0. The number of fused-ring (bicyclic) bond motifs is 2. The molecule has 4 rings (SSSR count). The van der Waals surface area contributed by atoms with E-state index >= 15 is 0 Å². The second-order valence-corrected chi connectivity index (χ2v) is 6.72. The van der Waals surface area contributed by atoms with Crippen molar-refractivity contribution in [1.29, 1.82) is 0 Å². The SMILES string of the molecule is CC[C@]12C#C[C@H]1C(=O)N[C@@H]2COc1nccc2cc(C(N)=O)c(OC)cc12. The van der Waals surface area contributed by atoms with Gasteiger partial charge >= 0.3 is 0 Å². The molecule has 0 unspecified atom stereocenters. The number of benzene rings is 1. The van der Waals surface area contributed by atoms with Crippen LogP contribution in [-0.4, -0.2) is 36.6 Å². The van der Waals surface area contributed by atoms with Crippen molar-refractivity contribution in [1.82, 2.24) is 10.3 Å². The Morgan fingerprint density at radius 2 is 2.26 bits per heavy atom. The summed E-state index contributed by atoms with van der Waals surface area (Å²) in [4.78, 5) is 28.0. The van der Waals surface area contributed by atoms with E-state index in [0.29, 0.717) is 22.6 Å². The first-order valence-corrected chi connectivity index (χ1v) is 8.72. The smallest absolute Gasteiger partial charge is 0.252 e. The predicted octanol–water partition coefficient (Wildman–Crippen LogP) is 1.25. The topological polar surface area (TPSA) is 104 Å². The van der Waals surface area contributed by atoms with Gasteiger partial charge in [0.25, 0.3) is 5.91 Å². The summed E-state index contributed by atoms with van der Waals surface area (Å²) >= 11 is 0. The molecule has 0 spiro atoms. The molecule has 1 aromatic heterocycles. The first kappa shape index (κ1) is 17.2. The lowest BCUT2D eigenvalue weighted by molar-refractivity contribution is -0.122. The van der Waals surface area contributed by atoms with Gasteiger partial charge in [-0.2, -0.15) is 0 Å². The van der Waals surface area contributed by atoms with Gasteiger partial charge in [0.2, 0.25) is 11.8 Å². The Bertz CT molecular complexity index is 1020. The van der Waals surface area contributed by atoms with Crippen LogP contribution in [0.2, 0.25) is 0 Å². The van der Waals surface area contributed by atoms with Gasteiger partial charge in [-0.25, -0.2) is 4.98 Å². The van der Waals surface area contributed by atoms with E-state index in [9.17, 15) is 9.59 Å². The number of carbonyl (C=O) groups excluding carboxylic acids is 2.